The summed E-state index contributed by atoms with van der Waals surface area (Å²) in [5.41, 5.74) is 1.54. The van der Waals surface area contributed by atoms with Gasteiger partial charge in [0.1, 0.15) is 11.6 Å². The number of ether oxygens (including phenoxy) is 1. The predicted molar refractivity (Wildman–Crippen MR) is 95.2 cm³/mol. The SMILES string of the molecule is C[C@H](NC(=O)[C@@H]1CNC[C@H]1c1ccc(OC(F)(F)F)cc1)c1ccc(F)cc1. The van der Waals surface area contributed by atoms with E-state index in [0.29, 0.717) is 13.1 Å². The van der Waals surface area contributed by atoms with Crippen LogP contribution in [-0.2, 0) is 4.79 Å². The highest BCUT2D eigenvalue weighted by atomic mass is 19.4. The van der Waals surface area contributed by atoms with Crippen molar-refractivity contribution in [1.82, 2.24) is 10.6 Å². The number of rotatable bonds is 5. The van der Waals surface area contributed by atoms with Gasteiger partial charge in [0.2, 0.25) is 5.91 Å². The van der Waals surface area contributed by atoms with Crippen molar-refractivity contribution >= 4 is 5.91 Å². The van der Waals surface area contributed by atoms with Crippen LogP contribution in [0.3, 0.4) is 0 Å². The molecule has 28 heavy (non-hydrogen) atoms. The van der Waals surface area contributed by atoms with Crippen molar-refractivity contribution in [2.75, 3.05) is 13.1 Å². The van der Waals surface area contributed by atoms with Crippen LogP contribution in [0.5, 0.6) is 5.75 Å². The molecule has 0 aromatic heterocycles. The van der Waals surface area contributed by atoms with Crippen LogP contribution in [0.25, 0.3) is 0 Å². The normalized spacial score (nSPS) is 20.6. The molecule has 1 saturated heterocycles. The highest BCUT2D eigenvalue weighted by Crippen LogP contribution is 2.31. The number of alkyl halides is 3. The number of hydrogen-bond donors (Lipinski definition) is 2. The molecule has 0 unspecified atom stereocenters. The van der Waals surface area contributed by atoms with Gasteiger partial charge in [-0.15, -0.1) is 13.2 Å². The number of carbonyl (C=O) groups excluding carboxylic acids is 1. The molecule has 1 amide bonds. The average Bonchev–Trinajstić information content (AvgIpc) is 3.11. The Morgan fingerprint density at radius 3 is 2.36 bits per heavy atom. The van der Waals surface area contributed by atoms with Crippen LogP contribution >= 0.6 is 0 Å². The van der Waals surface area contributed by atoms with Crippen LogP contribution in [0.1, 0.15) is 30.0 Å². The summed E-state index contributed by atoms with van der Waals surface area (Å²) < 4.78 is 53.8. The number of nitrogens with one attached hydrogen (secondary N) is 2. The molecule has 0 bridgehead atoms. The Morgan fingerprint density at radius 2 is 1.75 bits per heavy atom. The topological polar surface area (TPSA) is 50.4 Å². The van der Waals surface area contributed by atoms with E-state index in [4.69, 9.17) is 0 Å². The van der Waals surface area contributed by atoms with Crippen LogP contribution in [0, 0.1) is 11.7 Å². The zero-order valence-electron chi connectivity index (χ0n) is 15.1. The molecular formula is C20H20F4N2O2. The molecule has 150 valence electrons. The zero-order valence-corrected chi connectivity index (χ0v) is 15.1. The minimum Gasteiger partial charge on any atom is -0.406 e. The summed E-state index contributed by atoms with van der Waals surface area (Å²) in [5.74, 6) is -1.34. The van der Waals surface area contributed by atoms with E-state index in [-0.39, 0.29) is 35.4 Å². The second kappa shape index (κ2) is 8.18. The van der Waals surface area contributed by atoms with Crippen LogP contribution in [-0.4, -0.2) is 25.4 Å². The van der Waals surface area contributed by atoms with Gasteiger partial charge in [0, 0.05) is 19.0 Å². The van der Waals surface area contributed by atoms with Gasteiger partial charge in [0.25, 0.3) is 0 Å². The van der Waals surface area contributed by atoms with Gasteiger partial charge in [-0.25, -0.2) is 4.39 Å². The van der Waals surface area contributed by atoms with Crippen molar-refractivity contribution in [2.24, 2.45) is 5.92 Å². The van der Waals surface area contributed by atoms with Gasteiger partial charge >= 0.3 is 6.36 Å². The monoisotopic (exact) mass is 396 g/mol. The maximum Gasteiger partial charge on any atom is 0.573 e. The van der Waals surface area contributed by atoms with E-state index in [1.165, 1.54) is 24.3 Å². The smallest absolute Gasteiger partial charge is 0.406 e. The van der Waals surface area contributed by atoms with Crippen LogP contribution in [0.4, 0.5) is 17.6 Å². The average molecular weight is 396 g/mol. The summed E-state index contributed by atoms with van der Waals surface area (Å²) in [6.07, 6.45) is -4.74. The fourth-order valence-electron chi connectivity index (χ4n) is 3.38. The molecule has 1 aliphatic rings. The molecule has 1 heterocycles. The number of amides is 1. The molecule has 0 aliphatic carbocycles. The molecule has 3 atom stereocenters. The van der Waals surface area contributed by atoms with E-state index in [2.05, 4.69) is 15.4 Å². The summed E-state index contributed by atoms with van der Waals surface area (Å²) in [5, 5.41) is 6.08. The van der Waals surface area contributed by atoms with Crippen molar-refractivity contribution < 1.29 is 27.1 Å². The van der Waals surface area contributed by atoms with Gasteiger partial charge in [-0.1, -0.05) is 24.3 Å². The summed E-state index contributed by atoms with van der Waals surface area (Å²) in [6, 6.07) is 11.2. The third-order valence-corrected chi connectivity index (χ3v) is 4.82. The molecule has 2 N–H and O–H groups in total. The van der Waals surface area contributed by atoms with Crippen molar-refractivity contribution in [2.45, 2.75) is 25.2 Å². The van der Waals surface area contributed by atoms with Crippen molar-refractivity contribution in [3.05, 3.63) is 65.5 Å². The molecule has 0 spiro atoms. The molecule has 3 rings (SSSR count). The molecule has 1 aliphatic heterocycles. The fraction of sp³-hybridized carbons (Fsp3) is 0.350. The fourth-order valence-corrected chi connectivity index (χ4v) is 3.38. The Kier molecular flexibility index (Phi) is 5.88. The van der Waals surface area contributed by atoms with Crippen molar-refractivity contribution in [3.63, 3.8) is 0 Å². The Morgan fingerprint density at radius 1 is 1.11 bits per heavy atom. The second-order valence-corrected chi connectivity index (χ2v) is 6.77. The van der Waals surface area contributed by atoms with Crippen LogP contribution in [0.15, 0.2) is 48.5 Å². The number of hydrogen-bond acceptors (Lipinski definition) is 3. The quantitative estimate of drug-likeness (QED) is 0.754. The maximum atomic E-state index is 13.0. The maximum absolute atomic E-state index is 13.0. The molecule has 2 aromatic rings. The first-order valence-electron chi connectivity index (χ1n) is 8.85. The Hall–Kier alpha value is -2.61. The van der Waals surface area contributed by atoms with Gasteiger partial charge in [0.15, 0.2) is 0 Å². The lowest BCUT2D eigenvalue weighted by atomic mass is 9.88. The molecule has 2 aromatic carbocycles. The van der Waals surface area contributed by atoms with E-state index in [9.17, 15) is 22.4 Å². The first kappa shape index (κ1) is 20.1. The first-order valence-corrected chi connectivity index (χ1v) is 8.85. The van der Waals surface area contributed by atoms with Gasteiger partial charge in [0.05, 0.1) is 12.0 Å². The minimum atomic E-state index is -4.74. The highest BCUT2D eigenvalue weighted by molar-refractivity contribution is 5.81. The summed E-state index contributed by atoms with van der Waals surface area (Å²) in [7, 11) is 0. The van der Waals surface area contributed by atoms with Crippen LogP contribution < -0.4 is 15.4 Å². The minimum absolute atomic E-state index is 0.164. The summed E-state index contributed by atoms with van der Waals surface area (Å²) in [6.45, 7) is 2.82. The van der Waals surface area contributed by atoms with E-state index >= 15 is 0 Å². The lowest BCUT2D eigenvalue weighted by molar-refractivity contribution is -0.274. The Labute approximate surface area is 159 Å². The number of halogens is 4. The second-order valence-electron chi connectivity index (χ2n) is 6.77. The largest absolute Gasteiger partial charge is 0.573 e. The molecule has 0 radical (unpaired) electrons. The summed E-state index contributed by atoms with van der Waals surface area (Å²) >= 11 is 0. The Balaban J connectivity index is 1.66. The number of carbonyl (C=O) groups is 1. The standard InChI is InChI=1S/C20H20F4N2O2/c1-12(13-2-6-15(21)7-3-13)26-19(27)18-11-25-10-17(18)14-4-8-16(9-5-14)28-20(22,23)24/h2-9,12,17-18,25H,10-11H2,1H3,(H,26,27)/t12-,17-,18+/m0/s1. The van der Waals surface area contributed by atoms with Crippen molar-refractivity contribution in [1.29, 1.82) is 0 Å². The molecule has 1 fully saturated rings. The molecular weight excluding hydrogens is 376 g/mol. The summed E-state index contributed by atoms with van der Waals surface area (Å²) in [4.78, 5) is 12.7. The number of benzene rings is 2. The molecule has 4 nitrogen and oxygen atoms in total. The first-order chi connectivity index (χ1) is 13.2. The molecule has 8 heteroatoms. The van der Waals surface area contributed by atoms with E-state index in [1.807, 2.05) is 6.92 Å². The highest BCUT2D eigenvalue weighted by Gasteiger charge is 2.35. The Bertz CT molecular complexity index is 806. The van der Waals surface area contributed by atoms with Gasteiger partial charge in [-0.05, 0) is 42.3 Å². The van der Waals surface area contributed by atoms with Gasteiger partial charge in [-0.3, -0.25) is 4.79 Å². The lowest BCUT2D eigenvalue weighted by Gasteiger charge is -2.22. The van der Waals surface area contributed by atoms with Gasteiger partial charge in [-0.2, -0.15) is 0 Å². The van der Waals surface area contributed by atoms with Gasteiger partial charge < -0.3 is 15.4 Å². The third kappa shape index (κ3) is 5.01. The predicted octanol–water partition coefficient (Wildman–Crippen LogP) is 3.90. The van der Waals surface area contributed by atoms with Crippen molar-refractivity contribution in [3.8, 4) is 5.75 Å². The molecule has 0 saturated carbocycles. The van der Waals surface area contributed by atoms with E-state index in [0.717, 1.165) is 11.1 Å². The van der Waals surface area contributed by atoms with E-state index < -0.39 is 6.36 Å². The third-order valence-electron chi connectivity index (χ3n) is 4.82. The zero-order chi connectivity index (χ0) is 20.3. The van der Waals surface area contributed by atoms with Crippen LogP contribution in [0.2, 0.25) is 0 Å². The van der Waals surface area contributed by atoms with E-state index in [1.54, 1.807) is 24.3 Å². The lowest BCUT2D eigenvalue weighted by Crippen LogP contribution is -2.36.